The number of rotatable bonds is 5. The van der Waals surface area contributed by atoms with Gasteiger partial charge >= 0.3 is 0 Å². The third-order valence-corrected chi connectivity index (χ3v) is 3.17. The molecule has 112 valence electrons. The van der Waals surface area contributed by atoms with Gasteiger partial charge in [-0.2, -0.15) is 0 Å². The van der Waals surface area contributed by atoms with Crippen molar-refractivity contribution < 1.29 is 4.79 Å². The van der Waals surface area contributed by atoms with E-state index in [9.17, 15) is 4.79 Å². The summed E-state index contributed by atoms with van der Waals surface area (Å²) in [4.78, 5) is 12.4. The Hall–Kier alpha value is -1.35. The normalized spacial score (nSPS) is 14.1. The number of hydrogen-bond donors (Lipinski definition) is 2. The Bertz CT molecular complexity index is 455. The summed E-state index contributed by atoms with van der Waals surface area (Å²) in [6.45, 7) is 12.8. The molecule has 1 atom stereocenters. The minimum absolute atomic E-state index is 0.0822. The van der Waals surface area contributed by atoms with Gasteiger partial charge in [-0.15, -0.1) is 0 Å². The number of anilines is 1. The molecule has 0 aromatic heterocycles. The van der Waals surface area contributed by atoms with Crippen LogP contribution in [0.2, 0.25) is 0 Å². The van der Waals surface area contributed by atoms with Crippen molar-refractivity contribution in [3.8, 4) is 0 Å². The third kappa shape index (κ3) is 5.33. The van der Waals surface area contributed by atoms with Crippen LogP contribution in [0.1, 0.15) is 58.3 Å². The summed E-state index contributed by atoms with van der Waals surface area (Å²) in [5.74, 6) is 0.104. The number of ketones is 1. The maximum Gasteiger partial charge on any atom is 0.179 e. The Labute approximate surface area is 122 Å². The minimum atomic E-state index is -0.212. The fourth-order valence-electron chi connectivity index (χ4n) is 2.93. The zero-order chi connectivity index (χ0) is 15.6. The summed E-state index contributed by atoms with van der Waals surface area (Å²) in [6.07, 6.45) is 0.999. The van der Waals surface area contributed by atoms with Gasteiger partial charge in [0.15, 0.2) is 5.78 Å². The second-order valence-corrected chi connectivity index (χ2v) is 7.47. The molecule has 3 nitrogen and oxygen atoms in total. The fraction of sp³-hybridized carbons (Fsp3) is 0.588. The van der Waals surface area contributed by atoms with Crippen molar-refractivity contribution in [2.45, 2.75) is 59.5 Å². The van der Waals surface area contributed by atoms with Crippen molar-refractivity contribution in [1.29, 1.82) is 0 Å². The van der Waals surface area contributed by atoms with Crippen molar-refractivity contribution in [2.24, 2.45) is 5.41 Å². The van der Waals surface area contributed by atoms with E-state index in [4.69, 9.17) is 5.73 Å². The second kappa shape index (κ2) is 5.96. The highest BCUT2D eigenvalue weighted by atomic mass is 16.1. The van der Waals surface area contributed by atoms with Gasteiger partial charge in [0.25, 0.3) is 0 Å². The van der Waals surface area contributed by atoms with E-state index in [1.54, 1.807) is 24.3 Å². The molecule has 0 heterocycles. The molecule has 20 heavy (non-hydrogen) atoms. The molecule has 1 rings (SSSR count). The lowest BCUT2D eigenvalue weighted by molar-refractivity contribution is 0.0921. The van der Waals surface area contributed by atoms with Gasteiger partial charge in [0.2, 0.25) is 0 Å². The highest BCUT2D eigenvalue weighted by Crippen LogP contribution is 2.27. The number of nitrogen functional groups attached to an aromatic ring is 1. The minimum Gasteiger partial charge on any atom is -0.399 e. The van der Waals surface area contributed by atoms with Crippen molar-refractivity contribution in [2.75, 3.05) is 5.73 Å². The number of nitrogens with one attached hydrogen (secondary N) is 1. The quantitative estimate of drug-likeness (QED) is 0.637. The van der Waals surface area contributed by atoms with Crippen LogP contribution in [0.5, 0.6) is 0 Å². The fourth-order valence-corrected chi connectivity index (χ4v) is 2.93. The van der Waals surface area contributed by atoms with Crippen LogP contribution in [-0.4, -0.2) is 17.4 Å². The topological polar surface area (TPSA) is 55.1 Å². The van der Waals surface area contributed by atoms with Crippen LogP contribution in [0, 0.1) is 5.41 Å². The molecule has 1 unspecified atom stereocenters. The van der Waals surface area contributed by atoms with Crippen molar-refractivity contribution in [3.63, 3.8) is 0 Å². The smallest absolute Gasteiger partial charge is 0.179 e. The van der Waals surface area contributed by atoms with E-state index < -0.39 is 0 Å². The summed E-state index contributed by atoms with van der Waals surface area (Å²) in [6, 6.07) is 6.88. The summed E-state index contributed by atoms with van der Waals surface area (Å²) < 4.78 is 0. The maximum atomic E-state index is 12.4. The molecule has 0 amide bonds. The number of nitrogens with two attached hydrogens (primary N) is 1. The van der Waals surface area contributed by atoms with Crippen molar-refractivity contribution in [3.05, 3.63) is 29.8 Å². The zero-order valence-electron chi connectivity index (χ0n) is 13.6. The van der Waals surface area contributed by atoms with Crippen LogP contribution in [0.15, 0.2) is 24.3 Å². The van der Waals surface area contributed by atoms with E-state index in [1.807, 2.05) is 6.92 Å². The van der Waals surface area contributed by atoms with Gasteiger partial charge in [0.05, 0.1) is 6.04 Å². The Morgan fingerprint density at radius 2 is 1.65 bits per heavy atom. The molecular formula is C17H28N2O. The Morgan fingerprint density at radius 1 is 1.15 bits per heavy atom. The van der Waals surface area contributed by atoms with Crippen LogP contribution in [0.25, 0.3) is 0 Å². The third-order valence-electron chi connectivity index (χ3n) is 3.17. The van der Waals surface area contributed by atoms with E-state index in [0.29, 0.717) is 11.3 Å². The molecule has 1 aromatic carbocycles. The number of Topliss-reactive ketones (excluding diaryl/α,β-unsaturated/α-hetero) is 1. The lowest BCUT2D eigenvalue weighted by atomic mass is 9.81. The van der Waals surface area contributed by atoms with E-state index in [1.165, 1.54) is 0 Å². The van der Waals surface area contributed by atoms with E-state index in [-0.39, 0.29) is 22.8 Å². The number of carbonyl (C=O) groups excluding carboxylic acids is 1. The monoisotopic (exact) mass is 276 g/mol. The van der Waals surface area contributed by atoms with Gasteiger partial charge in [-0.05, 0) is 56.9 Å². The summed E-state index contributed by atoms with van der Waals surface area (Å²) in [5.41, 5.74) is 7.16. The Morgan fingerprint density at radius 3 is 2.10 bits per heavy atom. The molecular weight excluding hydrogens is 248 g/mol. The number of carbonyl (C=O) groups is 1. The van der Waals surface area contributed by atoms with E-state index >= 15 is 0 Å². The highest BCUT2D eigenvalue weighted by molar-refractivity contribution is 6.00. The first-order valence-electron chi connectivity index (χ1n) is 7.18. The van der Waals surface area contributed by atoms with Gasteiger partial charge in [-0.25, -0.2) is 0 Å². The summed E-state index contributed by atoms with van der Waals surface area (Å²) in [7, 11) is 0. The molecule has 0 spiro atoms. The first-order valence-corrected chi connectivity index (χ1v) is 7.18. The molecule has 0 aliphatic carbocycles. The standard InChI is InChI=1S/C17H28N2O/c1-12(19-17(5,6)11-16(2,3)4)15(20)13-7-9-14(18)10-8-13/h7-10,12,19H,11,18H2,1-6H3. The largest absolute Gasteiger partial charge is 0.399 e. The average molecular weight is 276 g/mol. The van der Waals surface area contributed by atoms with Crippen LogP contribution in [0.3, 0.4) is 0 Å². The van der Waals surface area contributed by atoms with Crippen LogP contribution < -0.4 is 11.1 Å². The Balaban J connectivity index is 2.73. The first-order chi connectivity index (χ1) is 9.00. The first kappa shape index (κ1) is 16.7. The lowest BCUT2D eigenvalue weighted by Crippen LogP contribution is -2.49. The summed E-state index contributed by atoms with van der Waals surface area (Å²) in [5, 5.41) is 3.44. The molecule has 1 aromatic rings. The second-order valence-electron chi connectivity index (χ2n) is 7.47. The van der Waals surface area contributed by atoms with Gasteiger partial charge < -0.3 is 11.1 Å². The van der Waals surface area contributed by atoms with Gasteiger partial charge in [-0.3, -0.25) is 4.79 Å². The molecule has 3 heteroatoms. The van der Waals surface area contributed by atoms with Gasteiger partial charge in [0.1, 0.15) is 0 Å². The predicted molar refractivity (Wildman–Crippen MR) is 85.9 cm³/mol. The Kier molecular flexibility index (Phi) is 4.98. The summed E-state index contributed by atoms with van der Waals surface area (Å²) >= 11 is 0. The lowest BCUT2D eigenvalue weighted by Gasteiger charge is -2.35. The molecule has 0 saturated carbocycles. The highest BCUT2D eigenvalue weighted by Gasteiger charge is 2.28. The van der Waals surface area contributed by atoms with Gasteiger partial charge in [0, 0.05) is 16.8 Å². The van der Waals surface area contributed by atoms with Crippen LogP contribution in [-0.2, 0) is 0 Å². The maximum absolute atomic E-state index is 12.4. The molecule has 3 N–H and O–H groups in total. The molecule has 0 aliphatic heterocycles. The molecule has 0 fully saturated rings. The average Bonchev–Trinajstić information content (AvgIpc) is 2.24. The molecule has 0 radical (unpaired) electrons. The number of hydrogen-bond acceptors (Lipinski definition) is 3. The SMILES string of the molecule is CC(NC(C)(C)CC(C)(C)C)C(=O)c1ccc(N)cc1. The molecule has 0 saturated heterocycles. The van der Waals surface area contributed by atoms with Gasteiger partial charge in [-0.1, -0.05) is 20.8 Å². The van der Waals surface area contributed by atoms with Crippen molar-refractivity contribution in [1.82, 2.24) is 5.32 Å². The van der Waals surface area contributed by atoms with E-state index in [0.717, 1.165) is 6.42 Å². The zero-order valence-corrected chi connectivity index (χ0v) is 13.6. The van der Waals surface area contributed by atoms with Crippen molar-refractivity contribution >= 4 is 11.5 Å². The van der Waals surface area contributed by atoms with E-state index in [2.05, 4.69) is 39.9 Å². The number of benzene rings is 1. The molecule has 0 aliphatic rings. The predicted octanol–water partition coefficient (Wildman–Crippen LogP) is 3.64. The van der Waals surface area contributed by atoms with Crippen LogP contribution in [0.4, 0.5) is 5.69 Å². The molecule has 0 bridgehead atoms. The van der Waals surface area contributed by atoms with Crippen LogP contribution >= 0.6 is 0 Å².